The molecule has 1 aromatic rings. The normalized spacial score (nSPS) is 18.5. The lowest BCUT2D eigenvalue weighted by Gasteiger charge is -2.21. The van der Waals surface area contributed by atoms with E-state index in [1.165, 1.54) is 0 Å². The van der Waals surface area contributed by atoms with E-state index in [0.717, 1.165) is 16.6 Å². The van der Waals surface area contributed by atoms with Gasteiger partial charge < -0.3 is 16.0 Å². The van der Waals surface area contributed by atoms with Crippen LogP contribution in [0.5, 0.6) is 0 Å². The summed E-state index contributed by atoms with van der Waals surface area (Å²) in [4.78, 5) is 26.4. The van der Waals surface area contributed by atoms with Gasteiger partial charge in [-0.1, -0.05) is 26.0 Å². The van der Waals surface area contributed by atoms with Gasteiger partial charge in [0.15, 0.2) is 0 Å². The average Bonchev–Trinajstić information content (AvgIpc) is 2.88. The van der Waals surface area contributed by atoms with Crippen molar-refractivity contribution in [3.05, 3.63) is 28.7 Å². The first kappa shape index (κ1) is 20.9. The van der Waals surface area contributed by atoms with E-state index >= 15 is 0 Å². The van der Waals surface area contributed by atoms with Gasteiger partial charge in [0.05, 0.1) is 11.6 Å². The maximum atomic E-state index is 12.4. The fourth-order valence-electron chi connectivity index (χ4n) is 2.89. The maximum Gasteiger partial charge on any atom is 0.227 e. The van der Waals surface area contributed by atoms with Crippen molar-refractivity contribution in [2.75, 3.05) is 18.0 Å². The monoisotopic (exact) mass is 417 g/mol. The first-order valence-corrected chi connectivity index (χ1v) is 8.77. The Morgan fingerprint density at radius 3 is 2.67 bits per heavy atom. The minimum atomic E-state index is -0.323. The Hall–Kier alpha value is -1.11. The molecule has 1 saturated heterocycles. The molecule has 0 saturated carbocycles. The van der Waals surface area contributed by atoms with Crippen molar-refractivity contribution in [2.45, 2.75) is 32.7 Å². The van der Waals surface area contributed by atoms with Crippen molar-refractivity contribution < 1.29 is 9.59 Å². The average molecular weight is 419 g/mol. The highest BCUT2D eigenvalue weighted by Crippen LogP contribution is 2.31. The van der Waals surface area contributed by atoms with Crippen LogP contribution in [0.15, 0.2) is 28.7 Å². The van der Waals surface area contributed by atoms with Gasteiger partial charge in [0.25, 0.3) is 0 Å². The highest BCUT2D eigenvalue weighted by atomic mass is 79.9. The van der Waals surface area contributed by atoms with Crippen LogP contribution in [-0.2, 0) is 9.59 Å². The largest absolute Gasteiger partial charge is 0.352 e. The van der Waals surface area contributed by atoms with Crippen LogP contribution in [0.2, 0.25) is 0 Å². The van der Waals surface area contributed by atoms with Crippen molar-refractivity contribution in [1.29, 1.82) is 0 Å². The summed E-state index contributed by atoms with van der Waals surface area (Å²) in [6.07, 6.45) is 1.09. The van der Waals surface area contributed by atoms with Gasteiger partial charge in [0.2, 0.25) is 11.8 Å². The fraction of sp³-hybridized carbons (Fsp3) is 0.529. The second kappa shape index (κ2) is 9.39. The van der Waals surface area contributed by atoms with Crippen LogP contribution in [0.1, 0.15) is 26.7 Å². The van der Waals surface area contributed by atoms with Gasteiger partial charge in [0, 0.05) is 30.0 Å². The molecule has 0 aliphatic carbocycles. The quantitative estimate of drug-likeness (QED) is 0.746. The molecule has 3 N–H and O–H groups in total. The number of carbonyl (C=O) groups is 2. The van der Waals surface area contributed by atoms with E-state index in [1.54, 1.807) is 4.90 Å². The molecule has 2 amide bonds. The Balaban J connectivity index is 0.00000288. The number of nitrogens with zero attached hydrogens (tertiary/aromatic N) is 1. The predicted molar refractivity (Wildman–Crippen MR) is 102 cm³/mol. The molecule has 7 heteroatoms. The van der Waals surface area contributed by atoms with Gasteiger partial charge in [0.1, 0.15) is 0 Å². The number of hydrogen-bond acceptors (Lipinski definition) is 3. The smallest absolute Gasteiger partial charge is 0.227 e. The number of nitrogens with one attached hydrogen (secondary N) is 1. The van der Waals surface area contributed by atoms with Gasteiger partial charge in [-0.15, -0.1) is 12.4 Å². The van der Waals surface area contributed by atoms with Crippen LogP contribution < -0.4 is 16.0 Å². The number of rotatable bonds is 6. The minimum absolute atomic E-state index is 0. The third-order valence-corrected chi connectivity index (χ3v) is 4.70. The number of benzene rings is 1. The van der Waals surface area contributed by atoms with Gasteiger partial charge in [-0.3, -0.25) is 9.59 Å². The second-order valence-electron chi connectivity index (χ2n) is 6.43. The second-order valence-corrected chi connectivity index (χ2v) is 7.28. The lowest BCUT2D eigenvalue weighted by molar-refractivity contribution is -0.127. The van der Waals surface area contributed by atoms with Gasteiger partial charge in [-0.2, -0.15) is 0 Å². The molecule has 1 aliphatic rings. The molecule has 24 heavy (non-hydrogen) atoms. The SMILES string of the molecule is CC(C)CC(CN)NC(=O)C1CC(=O)N(c2ccccc2Br)C1.Cl. The van der Waals surface area contributed by atoms with E-state index < -0.39 is 0 Å². The summed E-state index contributed by atoms with van der Waals surface area (Å²) < 4.78 is 0.856. The Morgan fingerprint density at radius 1 is 1.42 bits per heavy atom. The number of para-hydroxylation sites is 1. The third-order valence-electron chi connectivity index (χ3n) is 4.03. The van der Waals surface area contributed by atoms with Crippen molar-refractivity contribution in [2.24, 2.45) is 17.6 Å². The van der Waals surface area contributed by atoms with Gasteiger partial charge in [-0.05, 0) is 40.4 Å². The Bertz CT molecular complexity index is 583. The lowest BCUT2D eigenvalue weighted by atomic mass is 10.0. The predicted octanol–water partition coefficient (Wildman–Crippen LogP) is 2.71. The summed E-state index contributed by atoms with van der Waals surface area (Å²) in [5, 5.41) is 2.99. The van der Waals surface area contributed by atoms with Gasteiger partial charge >= 0.3 is 0 Å². The van der Waals surface area contributed by atoms with Crippen LogP contribution in [0.25, 0.3) is 0 Å². The summed E-state index contributed by atoms with van der Waals surface area (Å²) in [6.45, 7) is 5.02. The molecule has 2 unspecified atom stereocenters. The number of amides is 2. The first-order valence-electron chi connectivity index (χ1n) is 7.97. The highest BCUT2D eigenvalue weighted by Gasteiger charge is 2.36. The van der Waals surface area contributed by atoms with E-state index in [2.05, 4.69) is 35.1 Å². The first-order chi connectivity index (χ1) is 10.9. The molecule has 0 spiro atoms. The molecule has 1 aromatic carbocycles. The Morgan fingerprint density at radius 2 is 2.08 bits per heavy atom. The van der Waals surface area contributed by atoms with E-state index in [1.807, 2.05) is 24.3 Å². The summed E-state index contributed by atoms with van der Waals surface area (Å²) in [5.41, 5.74) is 6.55. The highest BCUT2D eigenvalue weighted by molar-refractivity contribution is 9.10. The maximum absolute atomic E-state index is 12.4. The number of hydrogen-bond donors (Lipinski definition) is 2. The molecule has 1 heterocycles. The Labute approximate surface area is 157 Å². The topological polar surface area (TPSA) is 75.4 Å². The molecule has 0 radical (unpaired) electrons. The minimum Gasteiger partial charge on any atom is -0.352 e. The molecular weight excluding hydrogens is 394 g/mol. The van der Waals surface area contributed by atoms with E-state index in [-0.39, 0.29) is 42.6 Å². The molecule has 2 rings (SSSR count). The van der Waals surface area contributed by atoms with Gasteiger partial charge in [-0.25, -0.2) is 0 Å². The molecule has 0 aromatic heterocycles. The van der Waals surface area contributed by atoms with Crippen LogP contribution >= 0.6 is 28.3 Å². The lowest BCUT2D eigenvalue weighted by Crippen LogP contribution is -2.44. The molecular formula is C17H25BrClN3O2. The molecule has 134 valence electrons. The standard InChI is InChI=1S/C17H24BrN3O2.ClH/c1-11(2)7-13(9-19)20-17(23)12-8-16(22)21(10-12)15-6-4-3-5-14(15)18;/h3-6,11-13H,7-10,19H2,1-2H3,(H,20,23);1H. The molecule has 5 nitrogen and oxygen atoms in total. The van der Waals surface area contributed by atoms with Crippen molar-refractivity contribution in [3.8, 4) is 0 Å². The summed E-state index contributed by atoms with van der Waals surface area (Å²) >= 11 is 3.46. The number of nitrogens with two attached hydrogens (primary N) is 1. The van der Waals surface area contributed by atoms with Crippen molar-refractivity contribution >= 4 is 45.8 Å². The van der Waals surface area contributed by atoms with Crippen LogP contribution in [0, 0.1) is 11.8 Å². The summed E-state index contributed by atoms with van der Waals surface area (Å²) in [6, 6.07) is 7.52. The third kappa shape index (κ3) is 5.19. The van der Waals surface area contributed by atoms with Crippen molar-refractivity contribution in [1.82, 2.24) is 5.32 Å². The van der Waals surface area contributed by atoms with E-state index in [4.69, 9.17) is 5.73 Å². The number of carbonyl (C=O) groups excluding carboxylic acids is 2. The van der Waals surface area contributed by atoms with E-state index in [0.29, 0.717) is 19.0 Å². The zero-order chi connectivity index (χ0) is 17.0. The van der Waals surface area contributed by atoms with Crippen molar-refractivity contribution in [3.63, 3.8) is 0 Å². The molecule has 1 fully saturated rings. The number of anilines is 1. The Kier molecular flexibility index (Phi) is 8.19. The van der Waals surface area contributed by atoms with Crippen LogP contribution in [0.4, 0.5) is 5.69 Å². The number of halogens is 2. The molecule has 2 atom stereocenters. The van der Waals surface area contributed by atoms with E-state index in [9.17, 15) is 9.59 Å². The molecule has 0 bridgehead atoms. The summed E-state index contributed by atoms with van der Waals surface area (Å²) in [7, 11) is 0. The zero-order valence-corrected chi connectivity index (χ0v) is 16.4. The summed E-state index contributed by atoms with van der Waals surface area (Å²) in [5.74, 6) is 0.0378. The zero-order valence-electron chi connectivity index (χ0n) is 14.0. The fourth-order valence-corrected chi connectivity index (χ4v) is 3.39. The molecule has 1 aliphatic heterocycles. The van der Waals surface area contributed by atoms with Crippen LogP contribution in [0.3, 0.4) is 0 Å². The van der Waals surface area contributed by atoms with Crippen LogP contribution in [-0.4, -0.2) is 30.9 Å².